The quantitative estimate of drug-likeness (QED) is 0.281. The Kier molecular flexibility index (Phi) is 24.8. The molecule has 2 heteroatoms. The van der Waals surface area contributed by atoms with Crippen LogP contribution in [0.15, 0.2) is 0 Å². The fourth-order valence-electron chi connectivity index (χ4n) is 2.69. The van der Waals surface area contributed by atoms with Crippen molar-refractivity contribution in [1.29, 1.82) is 0 Å². The number of nitrogens with two attached hydrogens (primary N) is 1. The van der Waals surface area contributed by atoms with Crippen LogP contribution in [0.4, 0.5) is 0 Å². The van der Waals surface area contributed by atoms with Crippen molar-refractivity contribution in [3.8, 4) is 0 Å². The van der Waals surface area contributed by atoms with E-state index in [0.717, 1.165) is 6.54 Å². The molecule has 0 bridgehead atoms. The standard InChI is InChI=1S/C18H39N.Al/c1-2-3-4-5-6-7-8-9-10-11-12-13-14-15-16-17-18-19;/h2-19H2,1H3;. The number of rotatable bonds is 16. The summed E-state index contributed by atoms with van der Waals surface area (Å²) in [5, 5.41) is 0. The predicted molar refractivity (Wildman–Crippen MR) is 94.4 cm³/mol. The molecule has 0 aliphatic rings. The molecule has 0 aromatic carbocycles. The van der Waals surface area contributed by atoms with Gasteiger partial charge in [0, 0.05) is 17.4 Å². The molecule has 0 atom stereocenters. The van der Waals surface area contributed by atoms with Gasteiger partial charge in [-0.3, -0.25) is 0 Å². The van der Waals surface area contributed by atoms with Gasteiger partial charge in [0.15, 0.2) is 0 Å². The Balaban J connectivity index is 0. The summed E-state index contributed by atoms with van der Waals surface area (Å²) in [7, 11) is 0. The molecule has 0 unspecified atom stereocenters. The van der Waals surface area contributed by atoms with E-state index in [1.54, 1.807) is 0 Å². The molecule has 0 aromatic rings. The zero-order valence-electron chi connectivity index (χ0n) is 14.2. The second-order valence-electron chi connectivity index (χ2n) is 6.09. The fourth-order valence-corrected chi connectivity index (χ4v) is 2.69. The van der Waals surface area contributed by atoms with Gasteiger partial charge in [-0.05, 0) is 13.0 Å². The van der Waals surface area contributed by atoms with E-state index in [2.05, 4.69) is 6.92 Å². The van der Waals surface area contributed by atoms with Crippen molar-refractivity contribution >= 4 is 17.4 Å². The zero-order valence-corrected chi connectivity index (χ0v) is 15.3. The lowest BCUT2D eigenvalue weighted by atomic mass is 10.0. The summed E-state index contributed by atoms with van der Waals surface area (Å²) >= 11 is 0. The Hall–Kier alpha value is 0.492. The van der Waals surface area contributed by atoms with Gasteiger partial charge in [-0.15, -0.1) is 0 Å². The van der Waals surface area contributed by atoms with Crippen molar-refractivity contribution in [2.45, 2.75) is 110 Å². The van der Waals surface area contributed by atoms with E-state index in [0.29, 0.717) is 0 Å². The van der Waals surface area contributed by atoms with E-state index in [-0.39, 0.29) is 17.4 Å². The van der Waals surface area contributed by atoms with Crippen LogP contribution in [0.3, 0.4) is 0 Å². The van der Waals surface area contributed by atoms with E-state index < -0.39 is 0 Å². The van der Waals surface area contributed by atoms with Crippen LogP contribution in [0.25, 0.3) is 0 Å². The first-order valence-corrected chi connectivity index (χ1v) is 9.12. The van der Waals surface area contributed by atoms with Gasteiger partial charge in [0.25, 0.3) is 0 Å². The van der Waals surface area contributed by atoms with Crippen LogP contribution in [-0.4, -0.2) is 23.9 Å². The average Bonchev–Trinajstić information content (AvgIpc) is 2.43. The molecule has 0 saturated carbocycles. The summed E-state index contributed by atoms with van der Waals surface area (Å²) in [5.74, 6) is 0. The maximum atomic E-state index is 5.48. The molecule has 0 amide bonds. The molecule has 3 radical (unpaired) electrons. The molecule has 0 saturated heterocycles. The largest absolute Gasteiger partial charge is 0.330 e. The lowest BCUT2D eigenvalue weighted by Gasteiger charge is -2.03. The SMILES string of the molecule is CCCCCCCCCCCCCCCCCCN.[Al]. The molecule has 20 heavy (non-hydrogen) atoms. The third-order valence-electron chi connectivity index (χ3n) is 4.06. The van der Waals surface area contributed by atoms with Crippen LogP contribution >= 0.6 is 0 Å². The number of hydrogen-bond acceptors (Lipinski definition) is 1. The Morgan fingerprint density at radius 2 is 0.700 bits per heavy atom. The minimum atomic E-state index is 0. The summed E-state index contributed by atoms with van der Waals surface area (Å²) in [6.07, 6.45) is 22.9. The monoisotopic (exact) mass is 296 g/mol. The third kappa shape index (κ3) is 20.8. The molecule has 0 rings (SSSR count). The molecule has 0 aromatic heterocycles. The molecule has 0 aliphatic heterocycles. The van der Waals surface area contributed by atoms with Crippen LogP contribution in [0.1, 0.15) is 110 Å². The van der Waals surface area contributed by atoms with Gasteiger partial charge in [-0.2, -0.15) is 0 Å². The van der Waals surface area contributed by atoms with E-state index in [1.807, 2.05) is 0 Å². The highest BCUT2D eigenvalue weighted by Crippen LogP contribution is 2.13. The summed E-state index contributed by atoms with van der Waals surface area (Å²) in [6.45, 7) is 3.16. The summed E-state index contributed by atoms with van der Waals surface area (Å²) < 4.78 is 0. The summed E-state index contributed by atoms with van der Waals surface area (Å²) in [4.78, 5) is 0. The highest BCUT2D eigenvalue weighted by atomic mass is 27.0. The molecular weight excluding hydrogens is 257 g/mol. The molecule has 2 N–H and O–H groups in total. The maximum absolute atomic E-state index is 5.48. The Labute approximate surface area is 139 Å². The van der Waals surface area contributed by atoms with Crippen molar-refractivity contribution < 1.29 is 0 Å². The number of unbranched alkanes of at least 4 members (excludes halogenated alkanes) is 15. The first-order valence-electron chi connectivity index (χ1n) is 9.12. The van der Waals surface area contributed by atoms with Crippen LogP contribution in [-0.2, 0) is 0 Å². The zero-order chi connectivity index (χ0) is 14.0. The number of hydrogen-bond donors (Lipinski definition) is 1. The molecule has 0 fully saturated rings. The van der Waals surface area contributed by atoms with Crippen LogP contribution < -0.4 is 5.73 Å². The first kappa shape index (κ1) is 22.8. The van der Waals surface area contributed by atoms with Gasteiger partial charge in [0.05, 0.1) is 0 Å². The van der Waals surface area contributed by atoms with Gasteiger partial charge in [-0.25, -0.2) is 0 Å². The summed E-state index contributed by atoms with van der Waals surface area (Å²) in [5.41, 5.74) is 5.48. The lowest BCUT2D eigenvalue weighted by Crippen LogP contribution is -1.97. The Morgan fingerprint density at radius 3 is 0.950 bits per heavy atom. The normalized spacial score (nSPS) is 10.5. The van der Waals surface area contributed by atoms with Gasteiger partial charge in [0.2, 0.25) is 0 Å². The predicted octanol–water partition coefficient (Wildman–Crippen LogP) is 5.83. The highest BCUT2D eigenvalue weighted by molar-refractivity contribution is 5.75. The van der Waals surface area contributed by atoms with E-state index >= 15 is 0 Å². The van der Waals surface area contributed by atoms with Crippen molar-refractivity contribution in [1.82, 2.24) is 0 Å². The van der Waals surface area contributed by atoms with E-state index in [4.69, 9.17) is 5.73 Å². The second-order valence-corrected chi connectivity index (χ2v) is 6.09. The molecule has 1 nitrogen and oxygen atoms in total. The molecular formula is C18H39AlN. The van der Waals surface area contributed by atoms with Gasteiger partial charge < -0.3 is 5.73 Å². The maximum Gasteiger partial charge on any atom is 0 e. The van der Waals surface area contributed by atoms with Crippen molar-refractivity contribution in [3.05, 3.63) is 0 Å². The van der Waals surface area contributed by atoms with Gasteiger partial charge in [-0.1, -0.05) is 103 Å². The molecule has 0 aliphatic carbocycles. The van der Waals surface area contributed by atoms with Crippen LogP contribution in [0, 0.1) is 0 Å². The molecule has 0 spiro atoms. The van der Waals surface area contributed by atoms with Crippen LogP contribution in [0.5, 0.6) is 0 Å². The fraction of sp³-hybridized carbons (Fsp3) is 1.00. The minimum Gasteiger partial charge on any atom is -0.330 e. The van der Waals surface area contributed by atoms with Crippen LogP contribution in [0.2, 0.25) is 0 Å². The van der Waals surface area contributed by atoms with Crippen molar-refractivity contribution in [2.75, 3.05) is 6.54 Å². The third-order valence-corrected chi connectivity index (χ3v) is 4.06. The first-order chi connectivity index (χ1) is 9.41. The molecule has 119 valence electrons. The van der Waals surface area contributed by atoms with Gasteiger partial charge >= 0.3 is 0 Å². The van der Waals surface area contributed by atoms with Crippen molar-refractivity contribution in [3.63, 3.8) is 0 Å². The van der Waals surface area contributed by atoms with Gasteiger partial charge in [0.1, 0.15) is 0 Å². The Morgan fingerprint density at radius 1 is 0.450 bits per heavy atom. The summed E-state index contributed by atoms with van der Waals surface area (Å²) in [6, 6.07) is 0. The topological polar surface area (TPSA) is 26.0 Å². The highest BCUT2D eigenvalue weighted by Gasteiger charge is 1.94. The smallest absolute Gasteiger partial charge is 0 e. The van der Waals surface area contributed by atoms with E-state index in [1.165, 1.54) is 103 Å². The minimum absolute atomic E-state index is 0. The lowest BCUT2D eigenvalue weighted by molar-refractivity contribution is 0.530. The van der Waals surface area contributed by atoms with E-state index in [9.17, 15) is 0 Å². The molecule has 0 heterocycles. The average molecular weight is 296 g/mol. The Bertz CT molecular complexity index is 134. The van der Waals surface area contributed by atoms with Crippen molar-refractivity contribution in [2.24, 2.45) is 5.73 Å². The second kappa shape index (κ2) is 21.8.